The van der Waals surface area contributed by atoms with E-state index in [-0.39, 0.29) is 11.7 Å². The topological polar surface area (TPSA) is 70.9 Å². The highest BCUT2D eigenvalue weighted by Crippen LogP contribution is 2.26. The minimum absolute atomic E-state index is 0.208. The number of aromatic nitrogens is 2. The molecule has 0 spiro atoms. The molecule has 90 valence electrons. The predicted molar refractivity (Wildman–Crippen MR) is 67.8 cm³/mol. The molecule has 3 aromatic rings. The molecule has 6 heteroatoms. The number of hydrogen-bond donors (Lipinski definition) is 2. The van der Waals surface area contributed by atoms with E-state index in [1.807, 2.05) is 6.07 Å². The van der Waals surface area contributed by atoms with E-state index >= 15 is 0 Å². The van der Waals surface area contributed by atoms with E-state index in [1.165, 1.54) is 6.20 Å². The Morgan fingerprint density at radius 2 is 2.33 bits per heavy atom. The molecule has 0 aliphatic heterocycles. The quantitative estimate of drug-likeness (QED) is 0.745. The molecule has 1 amide bonds. The molecule has 1 aromatic carbocycles. The lowest BCUT2D eigenvalue weighted by molar-refractivity contribution is 0.0998. The molecule has 0 aliphatic carbocycles. The van der Waals surface area contributed by atoms with Crippen LogP contribution in [0.25, 0.3) is 11.0 Å². The first kappa shape index (κ1) is 10.9. The lowest BCUT2D eigenvalue weighted by Crippen LogP contribution is -2.09. The number of carbonyl (C=O) groups is 1. The lowest BCUT2D eigenvalue weighted by atomic mass is 10.2. The van der Waals surface area contributed by atoms with E-state index in [4.69, 9.17) is 16.0 Å². The molecule has 2 heterocycles. The Bertz CT molecular complexity index is 703. The number of carbonyl (C=O) groups excluding carboxylic acids is 1. The van der Waals surface area contributed by atoms with Crippen molar-refractivity contribution < 1.29 is 9.21 Å². The van der Waals surface area contributed by atoms with Crippen molar-refractivity contribution in [3.8, 4) is 0 Å². The normalized spacial score (nSPS) is 10.7. The van der Waals surface area contributed by atoms with Gasteiger partial charge in [-0.3, -0.25) is 9.89 Å². The second-order valence-corrected chi connectivity index (χ2v) is 4.12. The van der Waals surface area contributed by atoms with Gasteiger partial charge < -0.3 is 9.73 Å². The summed E-state index contributed by atoms with van der Waals surface area (Å²) in [7, 11) is 0. The average molecular weight is 262 g/mol. The number of aromatic amines is 1. The maximum Gasteiger partial charge on any atom is 0.291 e. The zero-order chi connectivity index (χ0) is 12.5. The number of H-pyrrole nitrogens is 1. The molecule has 5 nitrogen and oxygen atoms in total. The minimum atomic E-state index is -0.344. The number of fused-ring (bicyclic) bond motifs is 1. The summed E-state index contributed by atoms with van der Waals surface area (Å²) in [6, 6.07) is 7.00. The minimum Gasteiger partial charge on any atom is -0.449 e. The number of halogens is 1. The fourth-order valence-corrected chi connectivity index (χ4v) is 1.87. The van der Waals surface area contributed by atoms with Gasteiger partial charge in [0.25, 0.3) is 5.91 Å². The summed E-state index contributed by atoms with van der Waals surface area (Å²) in [6.07, 6.45) is 3.08. The van der Waals surface area contributed by atoms with Gasteiger partial charge in [-0.05, 0) is 12.1 Å². The number of para-hydroxylation sites is 1. The summed E-state index contributed by atoms with van der Waals surface area (Å²) in [5, 5.41) is 10.3. The van der Waals surface area contributed by atoms with Gasteiger partial charge in [0.15, 0.2) is 11.3 Å². The number of nitrogens with zero attached hydrogens (tertiary/aromatic N) is 1. The first-order valence-corrected chi connectivity index (χ1v) is 5.60. The van der Waals surface area contributed by atoms with Crippen molar-refractivity contribution in [2.45, 2.75) is 0 Å². The van der Waals surface area contributed by atoms with Crippen molar-refractivity contribution in [3.63, 3.8) is 0 Å². The van der Waals surface area contributed by atoms with Gasteiger partial charge in [-0.25, -0.2) is 0 Å². The van der Waals surface area contributed by atoms with Crippen LogP contribution in [-0.4, -0.2) is 16.1 Å². The third-order valence-electron chi connectivity index (χ3n) is 2.48. The summed E-state index contributed by atoms with van der Waals surface area (Å²) in [6.45, 7) is 0. The first-order valence-electron chi connectivity index (χ1n) is 5.22. The maximum absolute atomic E-state index is 11.9. The number of furan rings is 1. The highest BCUT2D eigenvalue weighted by molar-refractivity contribution is 6.34. The molecule has 3 rings (SSSR count). The monoisotopic (exact) mass is 261 g/mol. The van der Waals surface area contributed by atoms with Gasteiger partial charge >= 0.3 is 0 Å². The van der Waals surface area contributed by atoms with E-state index in [2.05, 4.69) is 15.5 Å². The third-order valence-corrected chi connectivity index (χ3v) is 2.77. The number of amides is 1. The Hall–Kier alpha value is -2.27. The van der Waals surface area contributed by atoms with Crippen LogP contribution < -0.4 is 5.32 Å². The van der Waals surface area contributed by atoms with Gasteiger partial charge in [-0.1, -0.05) is 23.7 Å². The Morgan fingerprint density at radius 1 is 1.44 bits per heavy atom. The smallest absolute Gasteiger partial charge is 0.291 e. The highest BCUT2D eigenvalue weighted by atomic mass is 35.5. The maximum atomic E-state index is 11.9. The molecular weight excluding hydrogens is 254 g/mol. The molecule has 0 atom stereocenters. The summed E-state index contributed by atoms with van der Waals surface area (Å²) < 4.78 is 5.43. The van der Waals surface area contributed by atoms with Crippen LogP contribution in [0.5, 0.6) is 0 Å². The number of nitrogens with one attached hydrogen (secondary N) is 2. The number of hydrogen-bond acceptors (Lipinski definition) is 3. The van der Waals surface area contributed by atoms with Crippen LogP contribution >= 0.6 is 11.6 Å². The fourth-order valence-electron chi connectivity index (χ4n) is 1.65. The Morgan fingerprint density at radius 3 is 3.06 bits per heavy atom. The zero-order valence-electron chi connectivity index (χ0n) is 9.11. The summed E-state index contributed by atoms with van der Waals surface area (Å²) in [4.78, 5) is 11.9. The second-order valence-electron chi connectivity index (χ2n) is 3.71. The van der Waals surface area contributed by atoms with Crippen LogP contribution in [0.3, 0.4) is 0 Å². The van der Waals surface area contributed by atoms with Crippen LogP contribution in [0, 0.1) is 0 Å². The van der Waals surface area contributed by atoms with E-state index in [0.29, 0.717) is 16.3 Å². The van der Waals surface area contributed by atoms with Gasteiger partial charge in [0.05, 0.1) is 16.9 Å². The van der Waals surface area contributed by atoms with Crippen molar-refractivity contribution in [2.75, 3.05) is 5.32 Å². The Balaban J connectivity index is 1.94. The van der Waals surface area contributed by atoms with E-state index in [0.717, 1.165) is 5.39 Å². The molecule has 0 saturated carbocycles. The Kier molecular flexibility index (Phi) is 2.53. The molecular formula is C12H8ClN3O2. The SMILES string of the molecule is O=C(Nc1cn[nH]c1)c1cc2cccc(Cl)c2o1. The van der Waals surface area contributed by atoms with Crippen molar-refractivity contribution in [3.05, 3.63) is 47.4 Å². The zero-order valence-corrected chi connectivity index (χ0v) is 9.86. The van der Waals surface area contributed by atoms with Crippen molar-refractivity contribution >= 4 is 34.2 Å². The molecule has 2 N–H and O–H groups in total. The molecule has 0 radical (unpaired) electrons. The Labute approximate surface area is 107 Å². The average Bonchev–Trinajstić information content (AvgIpc) is 2.97. The molecule has 0 fully saturated rings. The van der Waals surface area contributed by atoms with Crippen LogP contribution in [-0.2, 0) is 0 Å². The van der Waals surface area contributed by atoms with Crippen molar-refractivity contribution in [1.29, 1.82) is 0 Å². The van der Waals surface area contributed by atoms with Gasteiger partial charge in [-0.2, -0.15) is 5.10 Å². The molecule has 0 unspecified atom stereocenters. The number of benzene rings is 1. The molecule has 18 heavy (non-hydrogen) atoms. The predicted octanol–water partition coefficient (Wildman–Crippen LogP) is 3.06. The van der Waals surface area contributed by atoms with Crippen LogP contribution in [0.4, 0.5) is 5.69 Å². The summed E-state index contributed by atoms with van der Waals surface area (Å²) in [5.74, 6) is -0.136. The van der Waals surface area contributed by atoms with E-state index in [9.17, 15) is 4.79 Å². The molecule has 0 aliphatic rings. The van der Waals surface area contributed by atoms with E-state index < -0.39 is 0 Å². The van der Waals surface area contributed by atoms with Gasteiger partial charge in [0, 0.05) is 11.6 Å². The van der Waals surface area contributed by atoms with E-state index in [1.54, 1.807) is 24.4 Å². The molecule has 2 aromatic heterocycles. The largest absolute Gasteiger partial charge is 0.449 e. The van der Waals surface area contributed by atoms with Gasteiger partial charge in [0.2, 0.25) is 0 Å². The second kappa shape index (κ2) is 4.19. The van der Waals surface area contributed by atoms with Crippen molar-refractivity contribution in [1.82, 2.24) is 10.2 Å². The number of rotatable bonds is 2. The van der Waals surface area contributed by atoms with Crippen LogP contribution in [0.15, 0.2) is 41.1 Å². The first-order chi connectivity index (χ1) is 8.74. The van der Waals surface area contributed by atoms with Gasteiger partial charge in [0.1, 0.15) is 0 Å². The summed E-state index contributed by atoms with van der Waals surface area (Å²) in [5.41, 5.74) is 1.09. The molecule has 0 bridgehead atoms. The molecule has 0 saturated heterocycles. The number of anilines is 1. The van der Waals surface area contributed by atoms with Gasteiger partial charge in [-0.15, -0.1) is 0 Å². The van der Waals surface area contributed by atoms with Crippen LogP contribution in [0.2, 0.25) is 5.02 Å². The highest BCUT2D eigenvalue weighted by Gasteiger charge is 2.14. The fraction of sp³-hybridized carbons (Fsp3) is 0. The standard InChI is InChI=1S/C12H8ClN3O2/c13-9-3-1-2-7-4-10(18-11(7)9)12(17)16-8-5-14-15-6-8/h1-6H,(H,14,15)(H,16,17). The third kappa shape index (κ3) is 1.84. The summed E-state index contributed by atoms with van der Waals surface area (Å²) >= 11 is 5.98. The van der Waals surface area contributed by atoms with Crippen molar-refractivity contribution in [2.24, 2.45) is 0 Å². The van der Waals surface area contributed by atoms with Crippen LogP contribution in [0.1, 0.15) is 10.6 Å². The lowest BCUT2D eigenvalue weighted by Gasteiger charge is -1.97.